The zero-order chi connectivity index (χ0) is 27.4. The maximum atomic E-state index is 13.5. The highest BCUT2D eigenvalue weighted by Gasteiger charge is 2.40. The molecule has 1 aliphatic carbocycles. The molecule has 0 radical (unpaired) electrons. The Morgan fingerprint density at radius 2 is 1.71 bits per heavy atom. The fraction of sp³-hybridized carbons (Fsp3) is 0.414. The lowest BCUT2D eigenvalue weighted by Crippen LogP contribution is -2.52. The minimum atomic E-state index is -0.560. The van der Waals surface area contributed by atoms with Crippen molar-refractivity contribution in [1.82, 2.24) is 14.8 Å². The SMILES string of the molecule is CC(C)(C)OC(=O)N1CCN(C(=O)COc2ccc3c(c2)C(C)(C)c2[nH]c4cc(N)ccc4c2C3=O)CC1. The summed E-state index contributed by atoms with van der Waals surface area (Å²) in [5.41, 5.74) is 9.35. The van der Waals surface area contributed by atoms with Crippen LogP contribution in [-0.2, 0) is 14.9 Å². The van der Waals surface area contributed by atoms with Crippen LogP contribution < -0.4 is 10.5 Å². The number of nitrogens with zero attached hydrogens (tertiary/aromatic N) is 2. The lowest BCUT2D eigenvalue weighted by atomic mass is 9.71. The van der Waals surface area contributed by atoms with E-state index in [9.17, 15) is 14.4 Å². The molecule has 2 heterocycles. The van der Waals surface area contributed by atoms with Gasteiger partial charge < -0.3 is 30.0 Å². The first-order valence-electron chi connectivity index (χ1n) is 12.8. The van der Waals surface area contributed by atoms with Gasteiger partial charge >= 0.3 is 6.09 Å². The lowest BCUT2D eigenvalue weighted by Gasteiger charge is -2.35. The first-order chi connectivity index (χ1) is 17.8. The van der Waals surface area contributed by atoms with Gasteiger partial charge in [0.1, 0.15) is 11.4 Å². The van der Waals surface area contributed by atoms with Crippen LogP contribution >= 0.6 is 0 Å². The predicted molar refractivity (Wildman–Crippen MR) is 145 cm³/mol. The number of fused-ring (bicyclic) bond motifs is 4. The molecule has 9 nitrogen and oxygen atoms in total. The van der Waals surface area contributed by atoms with Crippen molar-refractivity contribution < 1.29 is 23.9 Å². The van der Waals surface area contributed by atoms with Crippen molar-refractivity contribution >= 4 is 34.4 Å². The molecule has 1 aromatic heterocycles. The first-order valence-corrected chi connectivity index (χ1v) is 12.8. The number of carbonyl (C=O) groups excluding carboxylic acids is 3. The molecule has 0 unspecified atom stereocenters. The highest BCUT2D eigenvalue weighted by atomic mass is 16.6. The number of hydrogen-bond acceptors (Lipinski definition) is 6. The fourth-order valence-electron chi connectivity index (χ4n) is 5.22. The Kier molecular flexibility index (Phi) is 6.12. The highest BCUT2D eigenvalue weighted by Crippen LogP contribution is 2.44. The van der Waals surface area contributed by atoms with E-state index in [1.807, 2.05) is 39.0 Å². The van der Waals surface area contributed by atoms with E-state index in [-0.39, 0.29) is 24.4 Å². The third-order valence-electron chi connectivity index (χ3n) is 7.23. The summed E-state index contributed by atoms with van der Waals surface area (Å²) in [4.78, 5) is 45.3. The Balaban J connectivity index is 1.27. The fourth-order valence-corrected chi connectivity index (χ4v) is 5.22. The lowest BCUT2D eigenvalue weighted by molar-refractivity contribution is -0.135. The molecular formula is C29H34N4O5. The average Bonchev–Trinajstić information content (AvgIpc) is 3.25. The van der Waals surface area contributed by atoms with E-state index >= 15 is 0 Å². The van der Waals surface area contributed by atoms with Crippen LogP contribution in [0.3, 0.4) is 0 Å². The van der Waals surface area contributed by atoms with Crippen LogP contribution in [0, 0.1) is 0 Å². The van der Waals surface area contributed by atoms with Gasteiger partial charge in [0.05, 0.1) is 5.56 Å². The molecule has 1 fully saturated rings. The van der Waals surface area contributed by atoms with Crippen LogP contribution in [0.5, 0.6) is 5.75 Å². The van der Waals surface area contributed by atoms with Gasteiger partial charge in [0.25, 0.3) is 5.91 Å². The molecule has 200 valence electrons. The van der Waals surface area contributed by atoms with Gasteiger partial charge in [0.2, 0.25) is 0 Å². The van der Waals surface area contributed by atoms with Gasteiger partial charge in [0.15, 0.2) is 12.4 Å². The van der Waals surface area contributed by atoms with Crippen LogP contribution in [0.1, 0.15) is 61.8 Å². The molecule has 38 heavy (non-hydrogen) atoms. The molecule has 0 bridgehead atoms. The average molecular weight is 519 g/mol. The van der Waals surface area contributed by atoms with Crippen molar-refractivity contribution in [3.8, 4) is 5.75 Å². The van der Waals surface area contributed by atoms with E-state index in [1.54, 1.807) is 28.0 Å². The number of carbonyl (C=O) groups is 3. The summed E-state index contributed by atoms with van der Waals surface area (Å²) in [6.07, 6.45) is -0.367. The summed E-state index contributed by atoms with van der Waals surface area (Å²) in [6.45, 7) is 11.1. The van der Waals surface area contributed by atoms with Gasteiger partial charge in [-0.2, -0.15) is 0 Å². The second-order valence-corrected chi connectivity index (χ2v) is 11.5. The molecule has 3 aromatic rings. The summed E-state index contributed by atoms with van der Waals surface area (Å²) < 4.78 is 11.3. The van der Waals surface area contributed by atoms with Crippen LogP contribution in [0.15, 0.2) is 36.4 Å². The van der Waals surface area contributed by atoms with Gasteiger partial charge in [-0.1, -0.05) is 19.9 Å². The van der Waals surface area contributed by atoms with E-state index in [2.05, 4.69) is 18.8 Å². The second-order valence-electron chi connectivity index (χ2n) is 11.5. The number of nitrogen functional groups attached to an aromatic ring is 1. The summed E-state index contributed by atoms with van der Waals surface area (Å²) in [5, 5.41) is 0.857. The topological polar surface area (TPSA) is 118 Å². The maximum absolute atomic E-state index is 13.5. The molecule has 9 heteroatoms. The van der Waals surface area contributed by atoms with E-state index in [0.717, 1.165) is 22.2 Å². The quantitative estimate of drug-likeness (QED) is 0.505. The number of hydrogen-bond donors (Lipinski definition) is 2. The van der Waals surface area contributed by atoms with Crippen LogP contribution in [0.4, 0.5) is 10.5 Å². The second kappa shape index (κ2) is 9.08. The Labute approximate surface area is 221 Å². The number of aromatic amines is 1. The number of piperazine rings is 1. The zero-order valence-corrected chi connectivity index (χ0v) is 22.5. The van der Waals surface area contributed by atoms with Gasteiger partial charge in [-0.3, -0.25) is 9.59 Å². The van der Waals surface area contributed by atoms with Crippen LogP contribution in [0.2, 0.25) is 0 Å². The number of rotatable bonds is 3. The molecule has 1 saturated heterocycles. The van der Waals surface area contributed by atoms with Crippen LogP contribution in [0.25, 0.3) is 10.9 Å². The van der Waals surface area contributed by atoms with Crippen LogP contribution in [-0.4, -0.2) is 71.0 Å². The number of amides is 2. The number of ketones is 1. The number of aromatic nitrogens is 1. The van der Waals surface area contributed by atoms with E-state index in [0.29, 0.717) is 48.7 Å². The van der Waals surface area contributed by atoms with Gasteiger partial charge in [-0.05, 0) is 56.7 Å². The minimum absolute atomic E-state index is 0.0455. The van der Waals surface area contributed by atoms with Gasteiger partial charge in [-0.25, -0.2) is 4.79 Å². The number of anilines is 1. The third kappa shape index (κ3) is 4.57. The molecular weight excluding hydrogens is 484 g/mol. The molecule has 2 aliphatic rings. The number of nitrogens with one attached hydrogen (secondary N) is 1. The molecule has 0 saturated carbocycles. The zero-order valence-electron chi connectivity index (χ0n) is 22.5. The monoisotopic (exact) mass is 518 g/mol. The molecule has 1 aliphatic heterocycles. The van der Waals surface area contributed by atoms with E-state index in [1.165, 1.54) is 0 Å². The first kappa shape index (κ1) is 25.6. The summed E-state index contributed by atoms with van der Waals surface area (Å²) >= 11 is 0. The third-order valence-corrected chi connectivity index (χ3v) is 7.23. The van der Waals surface area contributed by atoms with Crippen molar-refractivity contribution in [3.05, 3.63) is 58.8 Å². The number of ether oxygens (including phenoxy) is 2. The normalized spacial score (nSPS) is 16.7. The van der Waals surface area contributed by atoms with Crippen molar-refractivity contribution in [2.24, 2.45) is 0 Å². The Morgan fingerprint density at radius 3 is 2.39 bits per heavy atom. The summed E-state index contributed by atoms with van der Waals surface area (Å²) in [7, 11) is 0. The van der Waals surface area contributed by atoms with E-state index in [4.69, 9.17) is 15.2 Å². The number of benzene rings is 2. The van der Waals surface area contributed by atoms with Crippen molar-refractivity contribution in [2.45, 2.75) is 45.6 Å². The van der Waals surface area contributed by atoms with Crippen molar-refractivity contribution in [1.29, 1.82) is 0 Å². The standard InChI is InChI=1S/C29H34N4O5/c1-28(2,3)38-27(36)33-12-10-32(11-13-33)23(34)16-37-18-7-9-19-21(15-18)29(4,5)26-24(25(19)35)20-8-6-17(30)14-22(20)31-26/h6-9,14-15,31H,10-13,16,30H2,1-5H3. The predicted octanol–water partition coefficient (Wildman–Crippen LogP) is 4.08. The maximum Gasteiger partial charge on any atom is 0.410 e. The molecule has 0 spiro atoms. The van der Waals surface area contributed by atoms with Gasteiger partial charge in [-0.15, -0.1) is 0 Å². The number of nitrogens with two attached hydrogens (primary N) is 1. The van der Waals surface area contributed by atoms with Gasteiger partial charge in [0, 0.05) is 59.4 Å². The highest BCUT2D eigenvalue weighted by molar-refractivity contribution is 6.20. The molecule has 3 N–H and O–H groups in total. The molecule has 0 atom stereocenters. The largest absolute Gasteiger partial charge is 0.484 e. The smallest absolute Gasteiger partial charge is 0.410 e. The van der Waals surface area contributed by atoms with Crippen molar-refractivity contribution in [2.75, 3.05) is 38.5 Å². The summed E-state index contributed by atoms with van der Waals surface area (Å²) in [5.74, 6) is 0.322. The van der Waals surface area contributed by atoms with Crippen molar-refractivity contribution in [3.63, 3.8) is 0 Å². The molecule has 2 amide bonds. The summed E-state index contributed by atoms with van der Waals surface area (Å²) in [6, 6.07) is 10.9. The Bertz CT molecular complexity index is 1440. The van der Waals surface area contributed by atoms with E-state index < -0.39 is 11.0 Å². The molecule has 5 rings (SSSR count). The Morgan fingerprint density at radius 1 is 1.03 bits per heavy atom. The number of H-pyrrole nitrogens is 1. The Hall–Kier alpha value is -4.01. The molecule has 2 aromatic carbocycles. The minimum Gasteiger partial charge on any atom is -0.484 e.